The second-order valence-corrected chi connectivity index (χ2v) is 1.65. The van der Waals surface area contributed by atoms with E-state index in [2.05, 4.69) is 5.10 Å². The lowest BCUT2D eigenvalue weighted by molar-refractivity contribution is -0.212. The fourth-order valence-corrected chi connectivity index (χ4v) is 0.536. The monoisotopic (exact) mass is 160 g/mol. The average Bonchev–Trinajstić information content (AvgIpc) is 2.31. The van der Waals surface area contributed by atoms with Crippen LogP contribution in [-0.4, -0.2) is 9.78 Å². The SMILES string of the molecule is N#Cc1c[c]nn1C(F)(F)F. The van der Waals surface area contributed by atoms with Crippen LogP contribution in [0.15, 0.2) is 6.07 Å². The van der Waals surface area contributed by atoms with Gasteiger partial charge < -0.3 is 0 Å². The predicted octanol–water partition coefficient (Wildman–Crippen LogP) is 1.03. The van der Waals surface area contributed by atoms with Gasteiger partial charge in [-0.2, -0.15) is 15.0 Å². The van der Waals surface area contributed by atoms with Crippen LogP contribution < -0.4 is 0 Å². The van der Waals surface area contributed by atoms with E-state index in [0.717, 1.165) is 6.07 Å². The van der Waals surface area contributed by atoms with Crippen LogP contribution in [0.5, 0.6) is 0 Å². The van der Waals surface area contributed by atoms with E-state index in [0.29, 0.717) is 0 Å². The molecule has 0 aromatic carbocycles. The van der Waals surface area contributed by atoms with Crippen LogP contribution >= 0.6 is 0 Å². The maximum Gasteiger partial charge on any atom is 0.505 e. The highest BCUT2D eigenvalue weighted by molar-refractivity contribution is 5.18. The Kier molecular flexibility index (Phi) is 1.57. The molecule has 1 heterocycles. The molecule has 0 aliphatic heterocycles. The zero-order chi connectivity index (χ0) is 8.48. The minimum absolute atomic E-state index is 0.340. The first-order valence-electron chi connectivity index (χ1n) is 2.49. The summed E-state index contributed by atoms with van der Waals surface area (Å²) < 4.78 is 35.1. The van der Waals surface area contributed by atoms with Gasteiger partial charge in [0.1, 0.15) is 18.0 Å². The number of nitriles is 1. The minimum atomic E-state index is -4.63. The van der Waals surface area contributed by atoms with E-state index in [9.17, 15) is 13.2 Å². The lowest BCUT2D eigenvalue weighted by atomic mass is 10.5. The van der Waals surface area contributed by atoms with Gasteiger partial charge in [0, 0.05) is 6.07 Å². The van der Waals surface area contributed by atoms with E-state index < -0.39 is 12.0 Å². The van der Waals surface area contributed by atoms with Crippen LogP contribution in [0.2, 0.25) is 0 Å². The van der Waals surface area contributed by atoms with Crippen LogP contribution in [0.25, 0.3) is 0 Å². The first kappa shape index (κ1) is 7.60. The summed E-state index contributed by atoms with van der Waals surface area (Å²) >= 11 is 0. The van der Waals surface area contributed by atoms with Crippen LogP contribution in [-0.2, 0) is 6.30 Å². The van der Waals surface area contributed by atoms with Crippen molar-refractivity contribution in [3.63, 3.8) is 0 Å². The second kappa shape index (κ2) is 2.27. The van der Waals surface area contributed by atoms with Gasteiger partial charge in [-0.05, 0) is 0 Å². The van der Waals surface area contributed by atoms with Crippen molar-refractivity contribution in [1.29, 1.82) is 5.26 Å². The van der Waals surface area contributed by atoms with Gasteiger partial charge in [0.25, 0.3) is 0 Å². The summed E-state index contributed by atoms with van der Waals surface area (Å²) in [5.41, 5.74) is -0.572. The number of alkyl halides is 3. The molecule has 1 aromatic rings. The van der Waals surface area contributed by atoms with Crippen LogP contribution in [0, 0.1) is 17.5 Å². The zero-order valence-corrected chi connectivity index (χ0v) is 5.05. The zero-order valence-electron chi connectivity index (χ0n) is 5.05. The van der Waals surface area contributed by atoms with Gasteiger partial charge in [-0.3, -0.25) is 0 Å². The molecule has 1 rings (SSSR count). The molecule has 1 aromatic heterocycles. The number of halogens is 3. The Balaban J connectivity index is 3.15. The van der Waals surface area contributed by atoms with Gasteiger partial charge >= 0.3 is 6.30 Å². The highest BCUT2D eigenvalue weighted by Crippen LogP contribution is 2.21. The number of nitrogens with zero attached hydrogens (tertiary/aromatic N) is 3. The van der Waals surface area contributed by atoms with Crippen molar-refractivity contribution >= 4 is 0 Å². The van der Waals surface area contributed by atoms with Gasteiger partial charge in [0.2, 0.25) is 0 Å². The number of rotatable bonds is 0. The topological polar surface area (TPSA) is 41.6 Å². The fraction of sp³-hybridized carbons (Fsp3) is 0.200. The Bertz CT molecular complexity index is 293. The molecule has 0 atom stereocenters. The molecule has 0 aliphatic carbocycles. The Morgan fingerprint density at radius 1 is 1.64 bits per heavy atom. The maximum absolute atomic E-state index is 11.8. The summed E-state index contributed by atoms with van der Waals surface area (Å²) in [6, 6.07) is 2.20. The number of hydrogen-bond donors (Lipinski definition) is 0. The Labute approximate surface area is 59.7 Å². The van der Waals surface area contributed by atoms with Crippen LogP contribution in [0.1, 0.15) is 5.69 Å². The van der Waals surface area contributed by atoms with Crippen LogP contribution in [0.4, 0.5) is 13.2 Å². The third-order valence-electron chi connectivity index (χ3n) is 0.942. The third kappa shape index (κ3) is 1.32. The molecular formula is C5HF3N3. The van der Waals surface area contributed by atoms with E-state index in [-0.39, 0.29) is 4.68 Å². The molecule has 3 nitrogen and oxygen atoms in total. The average molecular weight is 160 g/mol. The standard InChI is InChI=1S/C5HF3N3/c6-5(7,8)11-4(3-9)1-2-10-11/h1H. The van der Waals surface area contributed by atoms with Crippen molar-refractivity contribution in [2.24, 2.45) is 0 Å². The summed E-state index contributed by atoms with van der Waals surface area (Å²) in [6.45, 7) is 0. The van der Waals surface area contributed by atoms with E-state index in [1.54, 1.807) is 0 Å². The molecule has 0 saturated heterocycles. The number of hydrogen-bond acceptors (Lipinski definition) is 2. The van der Waals surface area contributed by atoms with E-state index >= 15 is 0 Å². The Hall–Kier alpha value is -1.51. The first-order chi connectivity index (χ1) is 5.05. The summed E-state index contributed by atoms with van der Waals surface area (Å²) in [7, 11) is 0. The quantitative estimate of drug-likeness (QED) is 0.568. The molecule has 0 amide bonds. The molecule has 11 heavy (non-hydrogen) atoms. The minimum Gasteiger partial charge on any atom is -0.191 e. The third-order valence-corrected chi connectivity index (χ3v) is 0.942. The molecular weight excluding hydrogens is 159 g/mol. The molecule has 0 saturated carbocycles. The molecule has 0 unspecified atom stereocenters. The predicted molar refractivity (Wildman–Crippen MR) is 27.1 cm³/mol. The molecule has 0 N–H and O–H groups in total. The van der Waals surface area contributed by atoms with Gasteiger partial charge in [-0.15, -0.1) is 13.2 Å². The number of aromatic nitrogens is 2. The molecule has 1 radical (unpaired) electrons. The highest BCUT2D eigenvalue weighted by atomic mass is 19.4. The van der Waals surface area contributed by atoms with Gasteiger partial charge in [0.15, 0.2) is 0 Å². The van der Waals surface area contributed by atoms with E-state index in [1.807, 2.05) is 6.20 Å². The smallest absolute Gasteiger partial charge is 0.191 e. The Morgan fingerprint density at radius 2 is 2.27 bits per heavy atom. The van der Waals surface area contributed by atoms with Crippen molar-refractivity contribution in [2.45, 2.75) is 6.30 Å². The van der Waals surface area contributed by atoms with Crippen molar-refractivity contribution in [2.75, 3.05) is 0 Å². The lowest BCUT2D eigenvalue weighted by Crippen LogP contribution is -2.19. The molecule has 6 heteroatoms. The second-order valence-electron chi connectivity index (χ2n) is 1.65. The largest absolute Gasteiger partial charge is 0.505 e. The molecule has 0 spiro atoms. The molecule has 0 fully saturated rings. The summed E-state index contributed by atoms with van der Waals surface area (Å²) in [5, 5.41) is 10.9. The molecule has 0 bridgehead atoms. The van der Waals surface area contributed by atoms with Crippen molar-refractivity contribution < 1.29 is 13.2 Å². The molecule has 57 valence electrons. The summed E-state index contributed by atoms with van der Waals surface area (Å²) in [5.74, 6) is 0. The summed E-state index contributed by atoms with van der Waals surface area (Å²) in [6.07, 6.45) is -2.71. The van der Waals surface area contributed by atoms with Crippen molar-refractivity contribution in [3.05, 3.63) is 18.0 Å². The first-order valence-corrected chi connectivity index (χ1v) is 2.49. The van der Waals surface area contributed by atoms with Crippen molar-refractivity contribution in [1.82, 2.24) is 9.78 Å². The molecule has 0 aliphatic rings. The van der Waals surface area contributed by atoms with Gasteiger partial charge in [-0.1, -0.05) is 0 Å². The normalized spacial score (nSPS) is 11.1. The van der Waals surface area contributed by atoms with Gasteiger partial charge in [-0.25, -0.2) is 0 Å². The van der Waals surface area contributed by atoms with E-state index in [1.165, 1.54) is 6.07 Å². The summed E-state index contributed by atoms with van der Waals surface area (Å²) in [4.78, 5) is 0. The fourth-order valence-electron chi connectivity index (χ4n) is 0.536. The van der Waals surface area contributed by atoms with Gasteiger partial charge in [0.05, 0.1) is 0 Å². The lowest BCUT2D eigenvalue weighted by Gasteiger charge is -2.05. The van der Waals surface area contributed by atoms with Crippen LogP contribution in [0.3, 0.4) is 0 Å². The van der Waals surface area contributed by atoms with E-state index in [4.69, 9.17) is 5.26 Å². The maximum atomic E-state index is 11.8. The highest BCUT2D eigenvalue weighted by Gasteiger charge is 2.33. The Morgan fingerprint density at radius 3 is 2.64 bits per heavy atom. The van der Waals surface area contributed by atoms with Crippen molar-refractivity contribution in [3.8, 4) is 6.07 Å².